The van der Waals surface area contributed by atoms with Gasteiger partial charge in [-0.15, -0.1) is 0 Å². The number of fused-ring (bicyclic) bond motifs is 1. The molecule has 186 valence electrons. The smallest absolute Gasteiger partial charge is 0.248 e. The first-order chi connectivity index (χ1) is 17.6. The molecule has 1 N–H and O–H groups in total. The first-order valence-electron chi connectivity index (χ1n) is 12.7. The van der Waals surface area contributed by atoms with E-state index in [1.807, 2.05) is 42.5 Å². The van der Waals surface area contributed by atoms with E-state index in [0.717, 1.165) is 47.1 Å². The Bertz CT molecular complexity index is 1260. The molecule has 2 aliphatic heterocycles. The van der Waals surface area contributed by atoms with Gasteiger partial charge >= 0.3 is 0 Å². The summed E-state index contributed by atoms with van der Waals surface area (Å²) in [7, 11) is 0. The number of piperidine rings is 1. The van der Waals surface area contributed by atoms with Crippen LogP contribution in [0.15, 0.2) is 54.6 Å². The van der Waals surface area contributed by atoms with Gasteiger partial charge in [0.25, 0.3) is 0 Å². The normalized spacial score (nSPS) is 17.1. The van der Waals surface area contributed by atoms with Crippen LogP contribution in [0.3, 0.4) is 0 Å². The first-order valence-corrected chi connectivity index (χ1v) is 13.2. The van der Waals surface area contributed by atoms with Crippen LogP contribution in [0.1, 0.15) is 36.8 Å². The fraction of sp³-hybridized carbons (Fsp3) is 0.345. The summed E-state index contributed by atoms with van der Waals surface area (Å²) in [5, 5.41) is 4.02. The van der Waals surface area contributed by atoms with Crippen molar-refractivity contribution in [2.24, 2.45) is 0 Å². The minimum absolute atomic E-state index is 0.184. The summed E-state index contributed by atoms with van der Waals surface area (Å²) >= 11 is 4.69. The molecule has 3 aromatic rings. The fourth-order valence-corrected chi connectivity index (χ4v) is 5.36. The van der Waals surface area contributed by atoms with Gasteiger partial charge < -0.3 is 19.9 Å². The molecule has 2 saturated heterocycles. The van der Waals surface area contributed by atoms with E-state index in [4.69, 9.17) is 9.72 Å². The molecule has 1 amide bonds. The summed E-state index contributed by atoms with van der Waals surface area (Å²) in [4.78, 5) is 22.6. The molecule has 0 saturated carbocycles. The monoisotopic (exact) mass is 500 g/mol. The Labute approximate surface area is 218 Å². The SMILES string of the molecule is Cc1cc(N2CCC(N3CCCC3)CC2)nc2ccc(NC(=O)C=Cc3ccc(OC=S)cc3)cc12. The number of carbonyl (C=O) groups excluding carboxylic acids is 1. The van der Waals surface area contributed by atoms with Crippen molar-refractivity contribution in [2.75, 3.05) is 36.4 Å². The minimum Gasteiger partial charge on any atom is -0.454 e. The van der Waals surface area contributed by atoms with Crippen LogP contribution in [0.5, 0.6) is 5.75 Å². The van der Waals surface area contributed by atoms with Gasteiger partial charge in [0.05, 0.1) is 5.52 Å². The topological polar surface area (TPSA) is 57.7 Å². The second-order valence-electron chi connectivity index (χ2n) is 9.60. The van der Waals surface area contributed by atoms with Crippen molar-refractivity contribution in [3.63, 3.8) is 0 Å². The van der Waals surface area contributed by atoms with Gasteiger partial charge in [-0.05, 0) is 112 Å². The average molecular weight is 501 g/mol. The molecule has 6 nitrogen and oxygen atoms in total. The van der Waals surface area contributed by atoms with Crippen molar-refractivity contribution < 1.29 is 9.53 Å². The summed E-state index contributed by atoms with van der Waals surface area (Å²) in [6.45, 7) is 6.77. The van der Waals surface area contributed by atoms with Crippen molar-refractivity contribution in [1.82, 2.24) is 9.88 Å². The summed E-state index contributed by atoms with van der Waals surface area (Å²) in [5.74, 6) is 1.54. The van der Waals surface area contributed by atoms with Gasteiger partial charge in [0.1, 0.15) is 11.6 Å². The lowest BCUT2D eigenvalue weighted by molar-refractivity contribution is -0.111. The molecule has 2 aliphatic rings. The molecule has 3 heterocycles. The van der Waals surface area contributed by atoms with Gasteiger partial charge in [0.2, 0.25) is 5.91 Å². The zero-order valence-corrected chi connectivity index (χ0v) is 21.5. The van der Waals surface area contributed by atoms with Crippen LogP contribution in [0.25, 0.3) is 17.0 Å². The Kier molecular flexibility index (Phi) is 7.58. The van der Waals surface area contributed by atoms with Gasteiger partial charge in [-0.2, -0.15) is 0 Å². The van der Waals surface area contributed by atoms with Crippen LogP contribution >= 0.6 is 12.2 Å². The number of ether oxygens (including phenoxy) is 1. The number of rotatable bonds is 7. The Morgan fingerprint density at radius 2 is 1.81 bits per heavy atom. The van der Waals surface area contributed by atoms with Gasteiger partial charge in [0.15, 0.2) is 5.55 Å². The summed E-state index contributed by atoms with van der Waals surface area (Å²) in [6, 6.07) is 16.2. The van der Waals surface area contributed by atoms with Gasteiger partial charge in [-0.25, -0.2) is 4.98 Å². The number of anilines is 2. The van der Waals surface area contributed by atoms with E-state index < -0.39 is 0 Å². The molecular formula is C29H32N4O2S. The highest BCUT2D eigenvalue weighted by Crippen LogP contribution is 2.28. The molecule has 0 radical (unpaired) electrons. The molecule has 36 heavy (non-hydrogen) atoms. The second-order valence-corrected chi connectivity index (χ2v) is 9.79. The maximum Gasteiger partial charge on any atom is 0.248 e. The number of hydrogen-bond acceptors (Lipinski definition) is 6. The van der Waals surface area contributed by atoms with E-state index in [-0.39, 0.29) is 5.91 Å². The highest BCUT2D eigenvalue weighted by atomic mass is 32.1. The average Bonchev–Trinajstić information content (AvgIpc) is 3.44. The van der Waals surface area contributed by atoms with Crippen LogP contribution in [0.4, 0.5) is 11.5 Å². The molecule has 0 bridgehead atoms. The number of amides is 1. The molecule has 0 unspecified atom stereocenters. The quantitative estimate of drug-likeness (QED) is 0.337. The van der Waals surface area contributed by atoms with Gasteiger partial charge in [-0.1, -0.05) is 12.1 Å². The van der Waals surface area contributed by atoms with Crippen molar-refractivity contribution in [3.05, 3.63) is 65.7 Å². The van der Waals surface area contributed by atoms with Crippen LogP contribution < -0.4 is 15.0 Å². The molecular weight excluding hydrogens is 468 g/mol. The third-order valence-electron chi connectivity index (χ3n) is 7.21. The highest BCUT2D eigenvalue weighted by molar-refractivity contribution is 7.78. The second kappa shape index (κ2) is 11.2. The van der Waals surface area contributed by atoms with Gasteiger partial charge in [0, 0.05) is 36.3 Å². The van der Waals surface area contributed by atoms with Crippen LogP contribution in [-0.4, -0.2) is 53.6 Å². The predicted octanol–water partition coefficient (Wildman–Crippen LogP) is 5.60. The Morgan fingerprint density at radius 3 is 2.53 bits per heavy atom. The van der Waals surface area contributed by atoms with Crippen molar-refractivity contribution in [3.8, 4) is 5.75 Å². The Hall–Kier alpha value is -3.29. The van der Waals surface area contributed by atoms with Crippen LogP contribution in [-0.2, 0) is 4.79 Å². The fourth-order valence-electron chi connectivity index (χ4n) is 5.25. The van der Waals surface area contributed by atoms with Crippen LogP contribution in [0.2, 0.25) is 0 Å². The predicted molar refractivity (Wildman–Crippen MR) is 151 cm³/mol. The molecule has 5 rings (SSSR count). The summed E-state index contributed by atoms with van der Waals surface area (Å²) in [6.07, 6.45) is 8.42. The Morgan fingerprint density at radius 1 is 1.06 bits per heavy atom. The molecule has 0 atom stereocenters. The lowest BCUT2D eigenvalue weighted by atomic mass is 10.0. The highest BCUT2D eigenvalue weighted by Gasteiger charge is 2.27. The number of benzene rings is 2. The standard InChI is InChI=1S/C29H32N4O2S/c1-21-18-28(33-16-12-24(13-17-33)32-14-2-3-15-32)31-27-10-7-23(19-26(21)27)30-29(34)11-6-22-4-8-25(9-5-22)35-20-36/h4-11,18-20,24H,2-3,12-17H2,1H3,(H,30,34). The summed E-state index contributed by atoms with van der Waals surface area (Å²) in [5.41, 5.74) is 5.00. The number of hydrogen-bond donors (Lipinski definition) is 1. The lowest BCUT2D eigenvalue weighted by Crippen LogP contribution is -2.44. The number of aromatic nitrogens is 1. The largest absolute Gasteiger partial charge is 0.454 e. The number of thiocarbonyl (C=S) groups is 1. The van der Waals surface area contributed by atoms with E-state index in [0.29, 0.717) is 5.75 Å². The lowest BCUT2D eigenvalue weighted by Gasteiger charge is -2.37. The van der Waals surface area contributed by atoms with Crippen molar-refractivity contribution in [2.45, 2.75) is 38.6 Å². The number of pyridine rings is 1. The summed E-state index contributed by atoms with van der Waals surface area (Å²) < 4.78 is 5.15. The maximum absolute atomic E-state index is 12.5. The van der Waals surface area contributed by atoms with E-state index in [1.165, 1.54) is 56.0 Å². The van der Waals surface area contributed by atoms with E-state index in [2.05, 4.69) is 40.3 Å². The third-order valence-corrected chi connectivity index (χ3v) is 7.30. The number of nitrogens with one attached hydrogen (secondary N) is 1. The van der Waals surface area contributed by atoms with Crippen molar-refractivity contribution in [1.29, 1.82) is 0 Å². The number of carbonyl (C=O) groups is 1. The molecule has 2 fully saturated rings. The van der Waals surface area contributed by atoms with Gasteiger partial charge in [-0.3, -0.25) is 4.79 Å². The van der Waals surface area contributed by atoms with E-state index in [1.54, 1.807) is 6.08 Å². The first kappa shape index (κ1) is 24.4. The Balaban J connectivity index is 1.22. The van der Waals surface area contributed by atoms with Crippen molar-refractivity contribution >= 4 is 52.2 Å². The third kappa shape index (κ3) is 5.74. The number of nitrogens with zero attached hydrogens (tertiary/aromatic N) is 3. The maximum atomic E-state index is 12.5. The van der Waals surface area contributed by atoms with E-state index >= 15 is 0 Å². The molecule has 2 aromatic carbocycles. The zero-order valence-electron chi connectivity index (χ0n) is 20.7. The minimum atomic E-state index is -0.184. The molecule has 0 spiro atoms. The zero-order chi connectivity index (χ0) is 24.9. The van der Waals surface area contributed by atoms with Crippen LogP contribution in [0, 0.1) is 6.92 Å². The molecule has 7 heteroatoms. The van der Waals surface area contributed by atoms with E-state index in [9.17, 15) is 4.79 Å². The molecule has 0 aliphatic carbocycles. The number of likely N-dealkylation sites (tertiary alicyclic amines) is 1. The number of aryl methyl sites for hydroxylation is 1. The molecule has 1 aromatic heterocycles.